The second kappa shape index (κ2) is 10.7. The van der Waals surface area contributed by atoms with Gasteiger partial charge < -0.3 is 14.2 Å². The maximum Gasteiger partial charge on any atom is 0.331 e. The molecule has 0 saturated heterocycles. The Morgan fingerprint density at radius 1 is 1.04 bits per heavy atom. The van der Waals surface area contributed by atoms with Gasteiger partial charge in [-0.3, -0.25) is 9.59 Å². The summed E-state index contributed by atoms with van der Waals surface area (Å²) in [6.07, 6.45) is 1.000. The number of hydrogen-bond donors (Lipinski definition) is 0. The molecule has 7 nitrogen and oxygen atoms in total. The van der Waals surface area contributed by atoms with Gasteiger partial charge in [0, 0.05) is 25.5 Å². The Morgan fingerprint density at radius 3 is 2.28 bits per heavy atom. The molecule has 0 bridgehead atoms. The van der Waals surface area contributed by atoms with Crippen molar-refractivity contribution < 1.29 is 33.4 Å². The summed E-state index contributed by atoms with van der Waals surface area (Å²) in [4.78, 5) is 45.5. The lowest BCUT2D eigenvalue weighted by Gasteiger charge is -2.16. The van der Waals surface area contributed by atoms with Crippen LogP contribution in [0.25, 0.3) is 0 Å². The van der Waals surface area contributed by atoms with E-state index in [2.05, 4.69) is 9.47 Å². The lowest BCUT2D eigenvalue weighted by Crippen LogP contribution is -2.25. The second-order valence-corrected chi connectivity index (χ2v) is 5.00. The van der Waals surface area contributed by atoms with E-state index >= 15 is 0 Å². The summed E-state index contributed by atoms with van der Waals surface area (Å²) in [6, 6.07) is 9.07. The molecule has 0 fully saturated rings. The lowest BCUT2D eigenvalue weighted by atomic mass is 10.1. The molecule has 1 atom stereocenters. The molecule has 0 N–H and O–H groups in total. The summed E-state index contributed by atoms with van der Waals surface area (Å²) in [6.45, 7) is 2.94. The minimum Gasteiger partial charge on any atom is -0.463 e. The van der Waals surface area contributed by atoms with Gasteiger partial charge in [-0.1, -0.05) is 30.3 Å². The van der Waals surface area contributed by atoms with Crippen LogP contribution in [0.5, 0.6) is 0 Å². The maximum absolute atomic E-state index is 11.8. The van der Waals surface area contributed by atoms with E-state index in [0.717, 1.165) is 24.6 Å². The molecule has 0 amide bonds. The molecule has 1 aromatic rings. The molecule has 0 aliphatic carbocycles. The minimum atomic E-state index is -0.839. The highest BCUT2D eigenvalue weighted by Gasteiger charge is 2.20. The molecule has 7 heteroatoms. The van der Waals surface area contributed by atoms with Crippen molar-refractivity contribution in [3.63, 3.8) is 0 Å². The van der Waals surface area contributed by atoms with E-state index in [4.69, 9.17) is 4.74 Å². The molecule has 0 saturated carbocycles. The number of carbonyl (C=O) groups is 4. The Kier molecular flexibility index (Phi) is 8.63. The summed E-state index contributed by atoms with van der Waals surface area (Å²) in [5.41, 5.74) is 0.838. The van der Waals surface area contributed by atoms with Gasteiger partial charge in [-0.2, -0.15) is 0 Å². The second-order valence-electron chi connectivity index (χ2n) is 5.00. The van der Waals surface area contributed by atoms with Crippen LogP contribution >= 0.6 is 0 Å². The third kappa shape index (κ3) is 9.04. The quantitative estimate of drug-likeness (QED) is 0.305. The fraction of sp³-hybridized carbons (Fsp3) is 0.333. The first-order valence-electron chi connectivity index (χ1n) is 7.71. The molecular formula is C18H20O7. The van der Waals surface area contributed by atoms with Crippen molar-refractivity contribution in [1.29, 1.82) is 0 Å². The van der Waals surface area contributed by atoms with Gasteiger partial charge in [-0.05, 0) is 12.5 Å². The van der Waals surface area contributed by atoms with Crippen molar-refractivity contribution >= 4 is 23.9 Å². The smallest absolute Gasteiger partial charge is 0.331 e. The standard InChI is InChI=1S/C18H20O7/c1-3-23-16(20)9-10-17(21)25-15(12-18(22)24-13(2)19)11-14-7-5-4-6-8-14/h4-10,15H,3,11-12H2,1-2H3/b10-9-. The molecule has 1 aromatic carbocycles. The average molecular weight is 348 g/mol. The van der Waals surface area contributed by atoms with Crippen molar-refractivity contribution in [2.75, 3.05) is 6.61 Å². The molecule has 0 aromatic heterocycles. The van der Waals surface area contributed by atoms with E-state index in [0.29, 0.717) is 0 Å². The zero-order valence-corrected chi connectivity index (χ0v) is 14.1. The van der Waals surface area contributed by atoms with Gasteiger partial charge in [0.2, 0.25) is 0 Å². The average Bonchev–Trinajstić information content (AvgIpc) is 2.53. The van der Waals surface area contributed by atoms with Crippen LogP contribution in [0.4, 0.5) is 0 Å². The zero-order valence-electron chi connectivity index (χ0n) is 14.1. The highest BCUT2D eigenvalue weighted by Crippen LogP contribution is 2.11. The molecule has 0 heterocycles. The summed E-state index contributed by atoms with van der Waals surface area (Å²) in [7, 11) is 0. The molecule has 134 valence electrons. The normalized spacial score (nSPS) is 11.6. The summed E-state index contributed by atoms with van der Waals surface area (Å²) in [5, 5.41) is 0. The first-order valence-corrected chi connectivity index (χ1v) is 7.71. The van der Waals surface area contributed by atoms with Crippen molar-refractivity contribution in [3.8, 4) is 0 Å². The molecule has 0 spiro atoms. The molecular weight excluding hydrogens is 328 g/mol. The molecule has 0 radical (unpaired) electrons. The lowest BCUT2D eigenvalue weighted by molar-refractivity contribution is -0.160. The van der Waals surface area contributed by atoms with Gasteiger partial charge >= 0.3 is 23.9 Å². The van der Waals surface area contributed by atoms with Crippen LogP contribution in [-0.4, -0.2) is 36.6 Å². The number of benzene rings is 1. The largest absolute Gasteiger partial charge is 0.463 e. The third-order valence-corrected chi connectivity index (χ3v) is 2.88. The Labute approximate surface area is 145 Å². The van der Waals surface area contributed by atoms with Gasteiger partial charge in [0.1, 0.15) is 6.10 Å². The fourth-order valence-electron chi connectivity index (χ4n) is 1.95. The van der Waals surface area contributed by atoms with Gasteiger partial charge in [0.25, 0.3) is 0 Å². The van der Waals surface area contributed by atoms with Crippen molar-refractivity contribution in [2.24, 2.45) is 0 Å². The third-order valence-electron chi connectivity index (χ3n) is 2.88. The van der Waals surface area contributed by atoms with E-state index in [1.54, 1.807) is 6.92 Å². The number of rotatable bonds is 8. The fourth-order valence-corrected chi connectivity index (χ4v) is 1.95. The van der Waals surface area contributed by atoms with Crippen LogP contribution in [0, 0.1) is 0 Å². The van der Waals surface area contributed by atoms with Gasteiger partial charge in [0.15, 0.2) is 0 Å². The molecule has 0 aliphatic heterocycles. The van der Waals surface area contributed by atoms with Crippen molar-refractivity contribution in [3.05, 3.63) is 48.0 Å². The zero-order chi connectivity index (χ0) is 18.7. The topological polar surface area (TPSA) is 96.0 Å². The van der Waals surface area contributed by atoms with E-state index in [9.17, 15) is 19.2 Å². The summed E-state index contributed by atoms with van der Waals surface area (Å²) >= 11 is 0. The summed E-state index contributed by atoms with van der Waals surface area (Å²) in [5.74, 6) is -3.01. The van der Waals surface area contributed by atoms with Crippen LogP contribution in [0.3, 0.4) is 0 Å². The Balaban J connectivity index is 2.72. The molecule has 1 unspecified atom stereocenters. The number of hydrogen-bond acceptors (Lipinski definition) is 7. The van der Waals surface area contributed by atoms with Crippen molar-refractivity contribution in [2.45, 2.75) is 32.8 Å². The van der Waals surface area contributed by atoms with Crippen LogP contribution < -0.4 is 0 Å². The Morgan fingerprint density at radius 2 is 1.68 bits per heavy atom. The van der Waals surface area contributed by atoms with Gasteiger partial charge in [0.05, 0.1) is 13.0 Å². The predicted molar refractivity (Wildman–Crippen MR) is 87.2 cm³/mol. The minimum absolute atomic E-state index is 0.186. The maximum atomic E-state index is 11.8. The summed E-state index contributed by atoms with van der Waals surface area (Å²) < 4.78 is 14.3. The van der Waals surface area contributed by atoms with Crippen molar-refractivity contribution in [1.82, 2.24) is 0 Å². The highest BCUT2D eigenvalue weighted by molar-refractivity contribution is 5.92. The molecule has 25 heavy (non-hydrogen) atoms. The monoisotopic (exact) mass is 348 g/mol. The Hall–Kier alpha value is -2.96. The predicted octanol–water partition coefficient (Wildman–Crippen LogP) is 1.74. The van der Waals surface area contributed by atoms with E-state index in [1.807, 2.05) is 30.3 Å². The van der Waals surface area contributed by atoms with Crippen LogP contribution in [-0.2, 0) is 39.8 Å². The number of carbonyl (C=O) groups excluding carboxylic acids is 4. The first kappa shape index (κ1) is 20.1. The van der Waals surface area contributed by atoms with Crippen LogP contribution in [0.2, 0.25) is 0 Å². The SMILES string of the molecule is CCOC(=O)/C=C\C(=O)OC(CC(=O)OC(C)=O)Cc1ccccc1. The molecule has 1 rings (SSSR count). The van der Waals surface area contributed by atoms with E-state index < -0.39 is 30.0 Å². The van der Waals surface area contributed by atoms with E-state index in [-0.39, 0.29) is 19.4 Å². The van der Waals surface area contributed by atoms with Crippen LogP contribution in [0.1, 0.15) is 25.8 Å². The Bertz CT molecular complexity index is 634. The molecule has 0 aliphatic rings. The highest BCUT2D eigenvalue weighted by atomic mass is 16.6. The van der Waals surface area contributed by atoms with Gasteiger partial charge in [-0.15, -0.1) is 0 Å². The number of esters is 4. The van der Waals surface area contributed by atoms with Gasteiger partial charge in [-0.25, -0.2) is 9.59 Å². The number of ether oxygens (including phenoxy) is 3. The van der Waals surface area contributed by atoms with Crippen LogP contribution in [0.15, 0.2) is 42.5 Å². The first-order chi connectivity index (χ1) is 11.9. The van der Waals surface area contributed by atoms with E-state index in [1.165, 1.54) is 0 Å².